The first-order chi connectivity index (χ1) is 18.4. The van der Waals surface area contributed by atoms with Crippen molar-refractivity contribution in [3.63, 3.8) is 0 Å². The maximum atomic E-state index is 14.9. The summed E-state index contributed by atoms with van der Waals surface area (Å²) in [6.07, 6.45) is 0.648. The van der Waals surface area contributed by atoms with E-state index in [0.29, 0.717) is 10.7 Å². The highest BCUT2D eigenvalue weighted by Crippen LogP contribution is 2.27. The Morgan fingerprint density at radius 2 is 1.49 bits per heavy atom. The molecule has 0 saturated carbocycles. The minimum absolute atomic E-state index is 0.132. The van der Waals surface area contributed by atoms with E-state index in [9.17, 15) is 26.8 Å². The number of nitrogens with zero attached hydrogens (tertiary/aromatic N) is 2. The summed E-state index contributed by atoms with van der Waals surface area (Å²) < 4.78 is 57.6. The van der Waals surface area contributed by atoms with Crippen LogP contribution >= 0.6 is 0 Å². The molecule has 39 heavy (non-hydrogen) atoms. The molecule has 3 aromatic rings. The third kappa shape index (κ3) is 7.20. The van der Waals surface area contributed by atoms with E-state index in [4.69, 9.17) is 0 Å². The van der Waals surface area contributed by atoms with Gasteiger partial charge in [-0.25, -0.2) is 17.2 Å². The summed E-state index contributed by atoms with van der Waals surface area (Å²) in [7, 11) is -4.40. The van der Waals surface area contributed by atoms with Crippen molar-refractivity contribution in [1.29, 1.82) is 0 Å². The maximum Gasteiger partial charge on any atom is 0.264 e. The van der Waals surface area contributed by atoms with Gasteiger partial charge in [-0.1, -0.05) is 55.0 Å². The molecule has 0 saturated heterocycles. The van der Waals surface area contributed by atoms with E-state index in [-0.39, 0.29) is 28.7 Å². The van der Waals surface area contributed by atoms with Crippen LogP contribution in [-0.4, -0.2) is 43.8 Å². The third-order valence-electron chi connectivity index (χ3n) is 6.48. The lowest BCUT2D eigenvalue weighted by Gasteiger charge is -2.32. The number of hydrogen-bond acceptors (Lipinski definition) is 4. The Labute approximate surface area is 228 Å². The molecule has 1 N–H and O–H groups in total. The van der Waals surface area contributed by atoms with Gasteiger partial charge in [0.2, 0.25) is 11.8 Å². The minimum atomic E-state index is -4.40. The fourth-order valence-corrected chi connectivity index (χ4v) is 5.28. The van der Waals surface area contributed by atoms with E-state index < -0.39 is 46.1 Å². The molecule has 0 unspecified atom stereocenters. The number of para-hydroxylation sites is 1. The Bertz CT molecular complexity index is 1410. The molecule has 7 nitrogen and oxygen atoms in total. The Balaban J connectivity index is 2.05. The largest absolute Gasteiger partial charge is 0.352 e. The highest BCUT2D eigenvalue weighted by Gasteiger charge is 2.34. The van der Waals surface area contributed by atoms with Gasteiger partial charge in [-0.3, -0.25) is 13.9 Å². The summed E-state index contributed by atoms with van der Waals surface area (Å²) in [5.74, 6) is -2.70. The number of hydrogen-bond donors (Lipinski definition) is 1. The number of benzene rings is 3. The average Bonchev–Trinajstić information content (AvgIpc) is 2.91. The molecule has 0 aliphatic carbocycles. The Morgan fingerprint density at radius 3 is 2.08 bits per heavy atom. The molecule has 0 aliphatic rings. The number of nitrogens with one attached hydrogen (secondary N) is 1. The molecule has 0 spiro atoms. The quantitative estimate of drug-likeness (QED) is 0.367. The van der Waals surface area contributed by atoms with Crippen molar-refractivity contribution in [2.45, 2.75) is 57.6 Å². The second kappa shape index (κ2) is 12.8. The van der Waals surface area contributed by atoms with Crippen molar-refractivity contribution < 1.29 is 26.8 Å². The molecule has 3 aromatic carbocycles. The first-order valence-corrected chi connectivity index (χ1v) is 14.1. The summed E-state index contributed by atoms with van der Waals surface area (Å²) in [5, 5.41) is 2.80. The van der Waals surface area contributed by atoms with Crippen LogP contribution in [0.5, 0.6) is 0 Å². The monoisotopic (exact) mass is 557 g/mol. The van der Waals surface area contributed by atoms with Crippen molar-refractivity contribution in [3.05, 3.63) is 95.6 Å². The molecule has 10 heteroatoms. The van der Waals surface area contributed by atoms with Gasteiger partial charge in [0.15, 0.2) is 0 Å². The van der Waals surface area contributed by atoms with Crippen LogP contribution in [0.15, 0.2) is 77.7 Å². The standard InChI is InChI=1S/C29H33F2N3O4S/c1-5-21(3)32-29(36)22(4)33(18-23-10-6-7-11-25(23)30)28(35)19-34(27-13-9-8-12-26(27)31)39(37,38)24-16-14-20(2)15-17-24/h6-17,21-22H,5,18-19H2,1-4H3,(H,32,36)/t21-,22-/m1/s1. The molecule has 3 rings (SSSR count). The highest BCUT2D eigenvalue weighted by molar-refractivity contribution is 7.92. The van der Waals surface area contributed by atoms with Gasteiger partial charge in [0, 0.05) is 18.2 Å². The molecular formula is C29H33F2N3O4S. The van der Waals surface area contributed by atoms with E-state index in [1.54, 1.807) is 25.1 Å². The van der Waals surface area contributed by atoms with Gasteiger partial charge in [0.05, 0.1) is 10.6 Å². The zero-order valence-corrected chi connectivity index (χ0v) is 23.2. The van der Waals surface area contributed by atoms with Crippen molar-refractivity contribution in [1.82, 2.24) is 10.2 Å². The van der Waals surface area contributed by atoms with Crippen LogP contribution in [0.25, 0.3) is 0 Å². The summed E-state index contributed by atoms with van der Waals surface area (Å²) >= 11 is 0. The second-order valence-corrected chi connectivity index (χ2v) is 11.2. The molecule has 0 aliphatic heterocycles. The molecular weight excluding hydrogens is 524 g/mol. The van der Waals surface area contributed by atoms with Crippen LogP contribution in [-0.2, 0) is 26.2 Å². The highest BCUT2D eigenvalue weighted by atomic mass is 32.2. The topological polar surface area (TPSA) is 86.8 Å². The number of carbonyl (C=O) groups excluding carboxylic acids is 2. The first-order valence-electron chi connectivity index (χ1n) is 12.6. The molecule has 208 valence electrons. The molecule has 0 bridgehead atoms. The molecule has 0 aromatic heterocycles. The van der Waals surface area contributed by atoms with Crippen molar-refractivity contribution >= 4 is 27.5 Å². The summed E-state index contributed by atoms with van der Waals surface area (Å²) in [5.41, 5.74) is 0.640. The molecule has 0 heterocycles. The van der Waals surface area contributed by atoms with Crippen molar-refractivity contribution in [2.24, 2.45) is 0 Å². The normalized spacial score (nSPS) is 12.9. The van der Waals surface area contributed by atoms with Crippen LogP contribution in [0.2, 0.25) is 0 Å². The number of sulfonamides is 1. The van der Waals surface area contributed by atoms with Gasteiger partial charge in [0.1, 0.15) is 24.2 Å². The third-order valence-corrected chi connectivity index (χ3v) is 8.25. The van der Waals surface area contributed by atoms with Gasteiger partial charge in [-0.2, -0.15) is 0 Å². The Hall–Kier alpha value is -3.79. The van der Waals surface area contributed by atoms with Crippen LogP contribution in [0, 0.1) is 18.6 Å². The summed E-state index contributed by atoms with van der Waals surface area (Å²) in [4.78, 5) is 27.8. The van der Waals surface area contributed by atoms with Gasteiger partial charge < -0.3 is 10.2 Å². The molecule has 2 amide bonds. The second-order valence-electron chi connectivity index (χ2n) is 9.38. The molecule has 2 atom stereocenters. The van der Waals surface area contributed by atoms with Gasteiger partial charge >= 0.3 is 0 Å². The SMILES string of the molecule is CC[C@@H](C)NC(=O)[C@@H](C)N(Cc1ccccc1F)C(=O)CN(c1ccccc1F)S(=O)(=O)c1ccc(C)cc1. The lowest BCUT2D eigenvalue weighted by molar-refractivity contribution is -0.139. The van der Waals surface area contributed by atoms with E-state index in [1.165, 1.54) is 55.5 Å². The number of halogens is 2. The minimum Gasteiger partial charge on any atom is -0.352 e. The van der Waals surface area contributed by atoms with Crippen LogP contribution in [0.4, 0.5) is 14.5 Å². The fourth-order valence-electron chi connectivity index (χ4n) is 3.86. The summed E-state index contributed by atoms with van der Waals surface area (Å²) in [6.45, 7) is 5.87. The number of anilines is 1. The maximum absolute atomic E-state index is 14.9. The zero-order valence-electron chi connectivity index (χ0n) is 22.4. The number of amides is 2. The smallest absolute Gasteiger partial charge is 0.264 e. The van der Waals surface area contributed by atoms with Crippen molar-refractivity contribution in [3.8, 4) is 0 Å². The average molecular weight is 558 g/mol. The van der Waals surface area contributed by atoms with Crippen LogP contribution in [0.1, 0.15) is 38.3 Å². The fraction of sp³-hybridized carbons (Fsp3) is 0.310. The van der Waals surface area contributed by atoms with E-state index in [2.05, 4.69) is 5.32 Å². The van der Waals surface area contributed by atoms with E-state index in [0.717, 1.165) is 16.5 Å². The predicted octanol–water partition coefficient (Wildman–Crippen LogP) is 4.80. The zero-order chi connectivity index (χ0) is 28.7. The van der Waals surface area contributed by atoms with E-state index in [1.807, 2.05) is 13.8 Å². The van der Waals surface area contributed by atoms with Gasteiger partial charge in [0.25, 0.3) is 10.0 Å². The van der Waals surface area contributed by atoms with Crippen LogP contribution in [0.3, 0.4) is 0 Å². The molecule has 0 fully saturated rings. The van der Waals surface area contributed by atoms with Crippen molar-refractivity contribution in [2.75, 3.05) is 10.8 Å². The predicted molar refractivity (Wildman–Crippen MR) is 146 cm³/mol. The lowest BCUT2D eigenvalue weighted by Crippen LogP contribution is -2.52. The number of carbonyl (C=O) groups is 2. The van der Waals surface area contributed by atoms with Crippen LogP contribution < -0.4 is 9.62 Å². The summed E-state index contributed by atoms with van der Waals surface area (Å²) in [6, 6.07) is 15.7. The Morgan fingerprint density at radius 1 is 0.897 bits per heavy atom. The number of rotatable bonds is 11. The first kappa shape index (κ1) is 29.8. The lowest BCUT2D eigenvalue weighted by atomic mass is 10.1. The van der Waals surface area contributed by atoms with Gasteiger partial charge in [-0.15, -0.1) is 0 Å². The number of aryl methyl sites for hydroxylation is 1. The van der Waals surface area contributed by atoms with Gasteiger partial charge in [-0.05, 0) is 57.5 Å². The Kier molecular flexibility index (Phi) is 9.80. The molecule has 0 radical (unpaired) electrons. The van der Waals surface area contributed by atoms with E-state index >= 15 is 0 Å².